The Balaban J connectivity index is 2.14. The Morgan fingerprint density at radius 1 is 1.53 bits per heavy atom. The smallest absolute Gasteiger partial charge is 0.339 e. The Bertz CT molecular complexity index is 536. The van der Waals surface area contributed by atoms with Crippen LogP contribution < -0.4 is 5.32 Å². The number of aromatic nitrogens is 3. The summed E-state index contributed by atoms with van der Waals surface area (Å²) in [5.74, 6) is -0.168. The van der Waals surface area contributed by atoms with E-state index in [0.717, 1.165) is 5.82 Å². The number of pyridine rings is 1. The number of carboxylic acids is 1. The molecular formula is C11H12N4O2. The lowest BCUT2D eigenvalue weighted by Gasteiger charge is -2.08. The first-order valence-electron chi connectivity index (χ1n) is 5.06. The number of hydrogen-bond acceptors (Lipinski definition) is 4. The number of anilines is 1. The highest BCUT2D eigenvalue weighted by atomic mass is 16.4. The summed E-state index contributed by atoms with van der Waals surface area (Å²) < 4.78 is 1.87. The van der Waals surface area contributed by atoms with E-state index in [4.69, 9.17) is 5.11 Å². The molecule has 0 aliphatic rings. The number of nitrogens with zero attached hydrogens (tertiary/aromatic N) is 3. The molecule has 0 saturated carbocycles. The van der Waals surface area contributed by atoms with Crippen molar-refractivity contribution in [2.45, 2.75) is 6.54 Å². The molecule has 6 nitrogen and oxygen atoms in total. The molecule has 2 aromatic rings. The lowest BCUT2D eigenvalue weighted by atomic mass is 10.2. The van der Waals surface area contributed by atoms with Gasteiger partial charge in [-0.05, 0) is 6.07 Å². The molecule has 2 N–H and O–H groups in total. The highest BCUT2D eigenvalue weighted by Gasteiger charge is 2.09. The Kier molecular flexibility index (Phi) is 3.04. The van der Waals surface area contributed by atoms with E-state index in [9.17, 15) is 4.79 Å². The van der Waals surface area contributed by atoms with Crippen LogP contribution in [0.15, 0.2) is 30.9 Å². The lowest BCUT2D eigenvalue weighted by molar-refractivity contribution is 0.0697. The van der Waals surface area contributed by atoms with Crippen LogP contribution in [0.1, 0.15) is 16.2 Å². The first kappa shape index (κ1) is 11.1. The fourth-order valence-electron chi connectivity index (χ4n) is 1.46. The maximum Gasteiger partial charge on any atom is 0.339 e. The molecule has 0 aliphatic heterocycles. The van der Waals surface area contributed by atoms with Crippen LogP contribution in [-0.4, -0.2) is 25.6 Å². The fourth-order valence-corrected chi connectivity index (χ4v) is 1.46. The van der Waals surface area contributed by atoms with Gasteiger partial charge in [0.25, 0.3) is 0 Å². The summed E-state index contributed by atoms with van der Waals surface area (Å²) in [6.07, 6.45) is 6.40. The summed E-state index contributed by atoms with van der Waals surface area (Å²) in [4.78, 5) is 18.9. The number of hydrogen-bond donors (Lipinski definition) is 2. The van der Waals surface area contributed by atoms with Crippen molar-refractivity contribution in [3.8, 4) is 0 Å². The predicted molar refractivity (Wildman–Crippen MR) is 61.7 cm³/mol. The quantitative estimate of drug-likeness (QED) is 0.825. The Morgan fingerprint density at radius 2 is 2.35 bits per heavy atom. The minimum atomic E-state index is -1.000. The van der Waals surface area contributed by atoms with Gasteiger partial charge in [-0.1, -0.05) is 0 Å². The maximum atomic E-state index is 10.9. The van der Waals surface area contributed by atoms with Crippen LogP contribution in [0.2, 0.25) is 0 Å². The monoisotopic (exact) mass is 232 g/mol. The second kappa shape index (κ2) is 4.65. The minimum absolute atomic E-state index is 0.154. The standard InChI is InChI=1S/C11H12N4O2/c1-15-5-4-13-10(15)7-14-9-2-3-12-6-8(9)11(16)17/h2-6H,7H2,1H3,(H,12,14)(H,16,17). The van der Waals surface area contributed by atoms with Crippen LogP contribution in [-0.2, 0) is 13.6 Å². The average Bonchev–Trinajstić information content (AvgIpc) is 2.72. The van der Waals surface area contributed by atoms with Crippen LogP contribution in [0.3, 0.4) is 0 Å². The summed E-state index contributed by atoms with van der Waals surface area (Å²) in [6.45, 7) is 0.466. The van der Waals surface area contributed by atoms with E-state index in [-0.39, 0.29) is 5.56 Å². The third-order valence-corrected chi connectivity index (χ3v) is 2.41. The van der Waals surface area contributed by atoms with Crippen molar-refractivity contribution < 1.29 is 9.90 Å². The van der Waals surface area contributed by atoms with E-state index < -0.39 is 5.97 Å². The SMILES string of the molecule is Cn1ccnc1CNc1ccncc1C(=O)O. The van der Waals surface area contributed by atoms with Crippen molar-refractivity contribution in [3.05, 3.63) is 42.2 Å². The van der Waals surface area contributed by atoms with Gasteiger partial charge >= 0.3 is 5.97 Å². The van der Waals surface area contributed by atoms with Gasteiger partial charge in [0.1, 0.15) is 11.4 Å². The zero-order valence-electron chi connectivity index (χ0n) is 9.29. The van der Waals surface area contributed by atoms with E-state index >= 15 is 0 Å². The number of imidazole rings is 1. The van der Waals surface area contributed by atoms with Crippen molar-refractivity contribution in [1.82, 2.24) is 14.5 Å². The number of aromatic carboxylic acids is 1. The Morgan fingerprint density at radius 3 is 3.00 bits per heavy atom. The highest BCUT2D eigenvalue weighted by Crippen LogP contribution is 2.14. The second-order valence-electron chi connectivity index (χ2n) is 3.53. The molecule has 0 aromatic carbocycles. The van der Waals surface area contributed by atoms with Gasteiger partial charge in [-0.2, -0.15) is 0 Å². The van der Waals surface area contributed by atoms with Gasteiger partial charge in [-0.15, -0.1) is 0 Å². The van der Waals surface area contributed by atoms with Gasteiger partial charge in [-0.25, -0.2) is 9.78 Å². The lowest BCUT2D eigenvalue weighted by Crippen LogP contribution is -2.09. The second-order valence-corrected chi connectivity index (χ2v) is 3.53. The Hall–Kier alpha value is -2.37. The average molecular weight is 232 g/mol. The molecule has 2 rings (SSSR count). The van der Waals surface area contributed by atoms with E-state index in [2.05, 4.69) is 15.3 Å². The Labute approximate surface area is 97.9 Å². The maximum absolute atomic E-state index is 10.9. The largest absolute Gasteiger partial charge is 0.478 e. The molecule has 0 saturated heterocycles. The molecule has 0 amide bonds. The van der Waals surface area contributed by atoms with Crippen molar-refractivity contribution in [1.29, 1.82) is 0 Å². The molecule has 0 atom stereocenters. The highest BCUT2D eigenvalue weighted by molar-refractivity contribution is 5.93. The molecule has 6 heteroatoms. The number of rotatable bonds is 4. The molecule has 2 aromatic heterocycles. The zero-order chi connectivity index (χ0) is 12.3. The van der Waals surface area contributed by atoms with Crippen LogP contribution >= 0.6 is 0 Å². The molecular weight excluding hydrogens is 220 g/mol. The van der Waals surface area contributed by atoms with E-state index in [1.807, 2.05) is 17.8 Å². The summed E-state index contributed by atoms with van der Waals surface area (Å²) >= 11 is 0. The van der Waals surface area contributed by atoms with Crippen molar-refractivity contribution in [2.75, 3.05) is 5.32 Å². The number of aryl methyl sites for hydroxylation is 1. The third kappa shape index (κ3) is 2.41. The van der Waals surface area contributed by atoms with Crippen molar-refractivity contribution >= 4 is 11.7 Å². The topological polar surface area (TPSA) is 80.0 Å². The van der Waals surface area contributed by atoms with Crippen LogP contribution in [0.5, 0.6) is 0 Å². The minimum Gasteiger partial charge on any atom is -0.478 e. The van der Waals surface area contributed by atoms with Gasteiger partial charge in [0, 0.05) is 31.8 Å². The fraction of sp³-hybridized carbons (Fsp3) is 0.182. The van der Waals surface area contributed by atoms with E-state index in [1.165, 1.54) is 6.20 Å². The van der Waals surface area contributed by atoms with Gasteiger partial charge in [0.2, 0.25) is 0 Å². The van der Waals surface area contributed by atoms with Crippen LogP contribution in [0.25, 0.3) is 0 Å². The predicted octanol–water partition coefficient (Wildman–Crippen LogP) is 1.13. The molecule has 0 fully saturated rings. The molecule has 2 heterocycles. The van der Waals surface area contributed by atoms with Crippen LogP contribution in [0.4, 0.5) is 5.69 Å². The molecule has 88 valence electrons. The van der Waals surface area contributed by atoms with Crippen molar-refractivity contribution in [2.24, 2.45) is 7.05 Å². The molecule has 0 spiro atoms. The number of carboxylic acid groups (broad SMARTS) is 1. The number of nitrogens with one attached hydrogen (secondary N) is 1. The van der Waals surface area contributed by atoms with Crippen molar-refractivity contribution in [3.63, 3.8) is 0 Å². The van der Waals surface area contributed by atoms with Gasteiger partial charge in [0.15, 0.2) is 0 Å². The summed E-state index contributed by atoms with van der Waals surface area (Å²) in [5, 5.41) is 12.0. The van der Waals surface area contributed by atoms with E-state index in [1.54, 1.807) is 18.5 Å². The molecule has 0 radical (unpaired) electrons. The molecule has 0 unspecified atom stereocenters. The van der Waals surface area contributed by atoms with E-state index in [0.29, 0.717) is 12.2 Å². The number of carbonyl (C=O) groups is 1. The zero-order valence-corrected chi connectivity index (χ0v) is 9.29. The van der Waals surface area contributed by atoms with Crippen LogP contribution in [0, 0.1) is 0 Å². The first-order valence-corrected chi connectivity index (χ1v) is 5.06. The molecule has 17 heavy (non-hydrogen) atoms. The summed E-state index contributed by atoms with van der Waals surface area (Å²) in [7, 11) is 1.88. The normalized spacial score (nSPS) is 10.2. The van der Waals surface area contributed by atoms with Gasteiger partial charge < -0.3 is 15.0 Å². The molecule has 0 bridgehead atoms. The first-order chi connectivity index (χ1) is 8.18. The summed E-state index contributed by atoms with van der Waals surface area (Å²) in [6, 6.07) is 1.63. The third-order valence-electron chi connectivity index (χ3n) is 2.41. The summed E-state index contributed by atoms with van der Waals surface area (Å²) in [5.41, 5.74) is 0.692. The van der Waals surface area contributed by atoms with Gasteiger partial charge in [0.05, 0.1) is 12.2 Å². The molecule has 0 aliphatic carbocycles. The van der Waals surface area contributed by atoms with Gasteiger partial charge in [-0.3, -0.25) is 4.98 Å².